The minimum atomic E-state index is -1.56. The molecule has 0 aromatic carbocycles. The number of hydrogen-bond acceptors (Lipinski definition) is 9. The lowest BCUT2D eigenvalue weighted by molar-refractivity contribution is -0.235. The number of rotatable bonds is 4. The summed E-state index contributed by atoms with van der Waals surface area (Å²) in [6.45, 7) is 8.90. The highest BCUT2D eigenvalue weighted by atomic mass is 16.6. The fraction of sp³-hybridized carbons (Fsp3) is 0.655. The Labute approximate surface area is 221 Å². The number of carbonyl (C=O) groups excluding carboxylic acids is 4. The number of esters is 3. The van der Waals surface area contributed by atoms with Gasteiger partial charge in [-0.1, -0.05) is 27.7 Å². The normalized spacial score (nSPS) is 41.2. The first kappa shape index (κ1) is 26.7. The van der Waals surface area contributed by atoms with Gasteiger partial charge in [-0.15, -0.1) is 0 Å². The lowest BCUT2D eigenvalue weighted by Crippen LogP contribution is -2.73. The predicted molar refractivity (Wildman–Crippen MR) is 132 cm³/mol. The van der Waals surface area contributed by atoms with Gasteiger partial charge >= 0.3 is 17.9 Å². The third-order valence-corrected chi connectivity index (χ3v) is 10.3. The number of ether oxygens (including phenoxy) is 3. The van der Waals surface area contributed by atoms with Crippen molar-refractivity contribution in [1.82, 2.24) is 0 Å². The molecule has 9 nitrogen and oxygen atoms in total. The summed E-state index contributed by atoms with van der Waals surface area (Å²) in [5.74, 6) is -3.69. The van der Waals surface area contributed by atoms with Crippen LogP contribution in [0.5, 0.6) is 0 Å². The summed E-state index contributed by atoms with van der Waals surface area (Å²) in [7, 11) is 1.30. The van der Waals surface area contributed by atoms with Gasteiger partial charge in [-0.25, -0.2) is 4.79 Å². The summed E-state index contributed by atoms with van der Waals surface area (Å²) in [6.07, 6.45) is 3.83. The number of carbonyl (C=O) groups is 4. The minimum Gasteiger partial charge on any atom is -0.472 e. The van der Waals surface area contributed by atoms with Crippen LogP contribution in [-0.2, 0) is 33.4 Å². The van der Waals surface area contributed by atoms with E-state index in [0.717, 1.165) is 0 Å². The molecule has 1 aromatic rings. The zero-order valence-electron chi connectivity index (χ0n) is 22.7. The monoisotopic (exact) mass is 528 g/mol. The highest BCUT2D eigenvalue weighted by Crippen LogP contribution is 2.70. The van der Waals surface area contributed by atoms with Crippen molar-refractivity contribution in [2.75, 3.05) is 7.11 Å². The minimum absolute atomic E-state index is 0.00518. The molecule has 2 bridgehead atoms. The molecule has 3 saturated carbocycles. The van der Waals surface area contributed by atoms with E-state index < -0.39 is 69.7 Å². The lowest BCUT2D eigenvalue weighted by Gasteiger charge is -2.67. The Morgan fingerprint density at radius 1 is 1.18 bits per heavy atom. The molecular weight excluding hydrogens is 492 g/mol. The van der Waals surface area contributed by atoms with Crippen LogP contribution in [0.1, 0.15) is 72.0 Å². The zero-order valence-corrected chi connectivity index (χ0v) is 22.7. The molecule has 1 unspecified atom stereocenters. The van der Waals surface area contributed by atoms with Crippen molar-refractivity contribution in [1.29, 1.82) is 0 Å². The number of cyclic esters (lactones) is 1. The van der Waals surface area contributed by atoms with Crippen molar-refractivity contribution in [3.8, 4) is 0 Å². The largest absolute Gasteiger partial charge is 0.472 e. The average molecular weight is 529 g/mol. The summed E-state index contributed by atoms with van der Waals surface area (Å²) in [5, 5.41) is 12.7. The van der Waals surface area contributed by atoms with E-state index in [1.54, 1.807) is 6.07 Å². The zero-order chi connectivity index (χ0) is 27.8. The molecule has 1 N–H and O–H groups in total. The Bertz CT molecular complexity index is 1210. The van der Waals surface area contributed by atoms with Gasteiger partial charge in [-0.05, 0) is 36.8 Å². The number of methoxy groups -OCH3 is 1. The van der Waals surface area contributed by atoms with Crippen molar-refractivity contribution in [3.05, 3.63) is 35.8 Å². The fourth-order valence-electron chi connectivity index (χ4n) is 8.65. The Kier molecular flexibility index (Phi) is 5.98. The second-order valence-corrected chi connectivity index (χ2v) is 12.5. The van der Waals surface area contributed by atoms with Crippen LogP contribution in [0.3, 0.4) is 0 Å². The van der Waals surface area contributed by atoms with Crippen molar-refractivity contribution in [2.24, 2.45) is 34.0 Å². The van der Waals surface area contributed by atoms with Gasteiger partial charge in [0.05, 0.1) is 31.2 Å². The number of aliphatic hydroxyl groups is 1. The van der Waals surface area contributed by atoms with Gasteiger partial charge < -0.3 is 23.7 Å². The number of fused-ring (bicyclic) bond motifs is 6. The molecule has 9 heteroatoms. The van der Waals surface area contributed by atoms with Crippen molar-refractivity contribution in [3.63, 3.8) is 0 Å². The van der Waals surface area contributed by atoms with Gasteiger partial charge in [-0.2, -0.15) is 0 Å². The molecule has 1 aromatic heterocycles. The lowest BCUT2D eigenvalue weighted by atomic mass is 9.37. The molecule has 38 heavy (non-hydrogen) atoms. The van der Waals surface area contributed by atoms with Crippen LogP contribution < -0.4 is 0 Å². The van der Waals surface area contributed by atoms with Crippen molar-refractivity contribution < 1.29 is 42.9 Å². The number of furan rings is 1. The summed E-state index contributed by atoms with van der Waals surface area (Å²) in [6, 6.07) is 1.74. The Hall–Kier alpha value is -2.94. The van der Waals surface area contributed by atoms with E-state index in [-0.39, 0.29) is 18.6 Å². The van der Waals surface area contributed by atoms with E-state index in [1.165, 1.54) is 32.6 Å². The van der Waals surface area contributed by atoms with E-state index in [0.29, 0.717) is 24.0 Å². The smallest absolute Gasteiger partial charge is 0.331 e. The van der Waals surface area contributed by atoms with Gasteiger partial charge in [-0.3, -0.25) is 14.4 Å². The quantitative estimate of drug-likeness (QED) is 0.459. The molecule has 1 aliphatic heterocycles. The molecule has 5 rings (SSSR count). The van der Waals surface area contributed by atoms with Gasteiger partial charge in [0, 0.05) is 47.1 Å². The molecule has 3 fully saturated rings. The van der Waals surface area contributed by atoms with Crippen LogP contribution in [0.4, 0.5) is 0 Å². The molecule has 4 aliphatic rings. The van der Waals surface area contributed by atoms with E-state index in [1.807, 2.05) is 27.7 Å². The van der Waals surface area contributed by atoms with Crippen molar-refractivity contribution >= 4 is 23.7 Å². The van der Waals surface area contributed by atoms with Crippen LogP contribution in [0.2, 0.25) is 0 Å². The molecule has 0 amide bonds. The van der Waals surface area contributed by atoms with Crippen molar-refractivity contribution in [2.45, 2.75) is 78.1 Å². The average Bonchev–Trinajstić information content (AvgIpc) is 3.37. The predicted octanol–water partition coefficient (Wildman–Crippen LogP) is 3.70. The van der Waals surface area contributed by atoms with E-state index in [2.05, 4.69) is 0 Å². The molecule has 206 valence electrons. The molecular formula is C29H36O9. The maximum absolute atomic E-state index is 14.3. The Balaban J connectivity index is 1.69. The number of Topliss-reactive ketones (excluding diaryl/α,β-unsaturated/α-hetero) is 1. The van der Waals surface area contributed by atoms with E-state index >= 15 is 0 Å². The third-order valence-electron chi connectivity index (χ3n) is 10.3. The molecule has 0 saturated heterocycles. The highest BCUT2D eigenvalue weighted by Gasteiger charge is 2.74. The van der Waals surface area contributed by atoms with Crippen LogP contribution in [0, 0.1) is 34.0 Å². The van der Waals surface area contributed by atoms with Gasteiger partial charge in [0.1, 0.15) is 18.0 Å². The van der Waals surface area contributed by atoms with Gasteiger partial charge in [0.2, 0.25) is 0 Å². The van der Waals surface area contributed by atoms with Gasteiger partial charge in [0.25, 0.3) is 0 Å². The summed E-state index contributed by atoms with van der Waals surface area (Å²) >= 11 is 0. The van der Waals surface area contributed by atoms with Crippen LogP contribution in [0.15, 0.2) is 34.7 Å². The molecule has 3 aliphatic carbocycles. The first-order valence-corrected chi connectivity index (χ1v) is 13.2. The maximum atomic E-state index is 14.3. The standard InChI is InChI=1S/C29H36O9/c1-15(30)37-25-17-13-29(34)18(28(5,23(17)33)19(26(25,2)3)11-21(31)35-6)7-9-27(4)20(29)12-22(32)38-24(27)16-8-10-36-14-16/h8,10,12,14,17-19,24-25,34H,7,9,11,13H2,1-6H3/t17?,18-,19+,24+,25-,27-,28-,29+/m1/s1. The SMILES string of the molecule is COC(=O)C[C@H]1C(C)(C)[C@H](OC(C)=O)C2C[C@@]3(O)C4=CC(=O)O[C@@H](c5ccoc5)[C@]4(C)CC[C@@H]3[C@@]1(C)C2=O. The Morgan fingerprint density at radius 3 is 2.50 bits per heavy atom. The first-order chi connectivity index (χ1) is 17.7. The Morgan fingerprint density at radius 2 is 1.89 bits per heavy atom. The second kappa shape index (κ2) is 8.53. The maximum Gasteiger partial charge on any atom is 0.331 e. The number of hydrogen-bond donors (Lipinski definition) is 1. The molecule has 2 heterocycles. The number of ketones is 1. The highest BCUT2D eigenvalue weighted by molar-refractivity contribution is 5.92. The first-order valence-electron chi connectivity index (χ1n) is 13.2. The topological polar surface area (TPSA) is 129 Å². The summed E-state index contributed by atoms with van der Waals surface area (Å²) in [4.78, 5) is 52.0. The second-order valence-electron chi connectivity index (χ2n) is 12.5. The third kappa shape index (κ3) is 3.46. The summed E-state index contributed by atoms with van der Waals surface area (Å²) in [5.41, 5.74) is -3.02. The fourth-order valence-corrected chi connectivity index (χ4v) is 8.65. The van der Waals surface area contributed by atoms with Crippen LogP contribution in [-0.4, -0.2) is 47.6 Å². The van der Waals surface area contributed by atoms with E-state index in [4.69, 9.17) is 18.6 Å². The van der Waals surface area contributed by atoms with E-state index in [9.17, 15) is 24.3 Å². The van der Waals surface area contributed by atoms with Crippen LogP contribution in [0.25, 0.3) is 0 Å². The molecule has 8 atom stereocenters. The van der Waals surface area contributed by atoms with Gasteiger partial charge in [0.15, 0.2) is 0 Å². The van der Waals surface area contributed by atoms with Crippen LogP contribution >= 0.6 is 0 Å². The molecule has 0 radical (unpaired) electrons. The summed E-state index contributed by atoms with van der Waals surface area (Å²) < 4.78 is 21.9. The molecule has 0 spiro atoms.